The first-order chi connectivity index (χ1) is 12.8. The minimum Gasteiger partial charge on any atom is -0.369 e. The van der Waals surface area contributed by atoms with Crippen LogP contribution in [0.15, 0.2) is 41.7 Å². The molecule has 0 saturated carbocycles. The summed E-state index contributed by atoms with van der Waals surface area (Å²) >= 11 is 0. The van der Waals surface area contributed by atoms with Crippen LogP contribution in [-0.4, -0.2) is 39.7 Å². The lowest BCUT2D eigenvalue weighted by Crippen LogP contribution is -2.47. The minimum atomic E-state index is -0.820. The number of aliphatic imine (C=N–C) groups is 1. The summed E-state index contributed by atoms with van der Waals surface area (Å²) in [6.45, 7) is 1.81. The second-order valence-electron chi connectivity index (χ2n) is 6.32. The summed E-state index contributed by atoms with van der Waals surface area (Å²) < 4.78 is 0. The van der Waals surface area contributed by atoms with E-state index in [0.717, 1.165) is 5.56 Å². The van der Waals surface area contributed by atoms with Gasteiger partial charge in [0, 0.05) is 25.1 Å². The van der Waals surface area contributed by atoms with Crippen LogP contribution < -0.4 is 11.1 Å². The molecule has 0 radical (unpaired) electrons. The Labute approximate surface area is 155 Å². The summed E-state index contributed by atoms with van der Waals surface area (Å²) in [6, 6.07) is 8.91. The third-order valence-corrected chi connectivity index (χ3v) is 4.30. The first-order valence-corrected chi connectivity index (χ1v) is 8.08. The van der Waals surface area contributed by atoms with Gasteiger partial charge in [0.05, 0.1) is 17.5 Å². The molecule has 1 aliphatic rings. The first kappa shape index (κ1) is 18.0. The third-order valence-electron chi connectivity index (χ3n) is 4.30. The Balaban J connectivity index is 1.84. The summed E-state index contributed by atoms with van der Waals surface area (Å²) in [7, 11) is 1.58. The van der Waals surface area contributed by atoms with Crippen molar-refractivity contribution in [3.8, 4) is 6.07 Å². The fraction of sp³-hybridized carbons (Fsp3) is 0.222. The number of hydrogen-bond acceptors (Lipinski definition) is 7. The molecule has 3 rings (SSSR count). The van der Waals surface area contributed by atoms with Crippen LogP contribution in [-0.2, 0) is 10.3 Å². The Morgan fingerprint density at radius 3 is 2.70 bits per heavy atom. The molecule has 27 heavy (non-hydrogen) atoms. The zero-order chi connectivity index (χ0) is 19.6. The number of anilines is 1. The molecule has 9 nitrogen and oxygen atoms in total. The van der Waals surface area contributed by atoms with E-state index in [1.807, 2.05) is 19.1 Å². The van der Waals surface area contributed by atoms with Gasteiger partial charge in [-0.25, -0.2) is 15.0 Å². The van der Waals surface area contributed by atoms with Gasteiger partial charge in [-0.2, -0.15) is 5.26 Å². The zero-order valence-corrected chi connectivity index (χ0v) is 14.8. The molecule has 2 heterocycles. The summed E-state index contributed by atoms with van der Waals surface area (Å²) in [6.07, 6.45) is 2.72. The Kier molecular flexibility index (Phi) is 4.56. The Bertz CT molecular complexity index is 978. The molecule has 0 saturated heterocycles. The van der Waals surface area contributed by atoms with Crippen LogP contribution in [0, 0.1) is 11.3 Å². The van der Waals surface area contributed by atoms with Gasteiger partial charge in [0.1, 0.15) is 6.07 Å². The van der Waals surface area contributed by atoms with Gasteiger partial charge in [0.15, 0.2) is 5.96 Å². The van der Waals surface area contributed by atoms with Crippen molar-refractivity contribution in [1.29, 1.82) is 5.26 Å². The van der Waals surface area contributed by atoms with Gasteiger partial charge in [0.25, 0.3) is 5.91 Å². The number of benzene rings is 1. The SMILES string of the molecule is CN1C(=O)CC(C)(c2cccc(NC(=O)c3ncc(C#N)cn3)c2)N=C1N. The maximum absolute atomic E-state index is 12.3. The number of guanidine groups is 1. The predicted molar refractivity (Wildman–Crippen MR) is 97.5 cm³/mol. The average Bonchev–Trinajstić information content (AvgIpc) is 2.66. The van der Waals surface area contributed by atoms with E-state index in [2.05, 4.69) is 20.3 Å². The van der Waals surface area contributed by atoms with Crippen molar-refractivity contribution < 1.29 is 9.59 Å². The summed E-state index contributed by atoms with van der Waals surface area (Å²) in [5, 5.41) is 11.5. The van der Waals surface area contributed by atoms with Gasteiger partial charge in [-0.15, -0.1) is 0 Å². The molecular weight excluding hydrogens is 346 g/mol. The lowest BCUT2D eigenvalue weighted by molar-refractivity contribution is -0.128. The fourth-order valence-corrected chi connectivity index (χ4v) is 2.70. The lowest BCUT2D eigenvalue weighted by Gasteiger charge is -2.33. The van der Waals surface area contributed by atoms with Gasteiger partial charge >= 0.3 is 0 Å². The van der Waals surface area contributed by atoms with Crippen molar-refractivity contribution in [2.24, 2.45) is 10.7 Å². The summed E-state index contributed by atoms with van der Waals surface area (Å²) in [4.78, 5) is 37.9. The van der Waals surface area contributed by atoms with Crippen LogP contribution in [0.4, 0.5) is 5.69 Å². The number of carbonyl (C=O) groups excluding carboxylic acids is 2. The molecule has 1 aliphatic heterocycles. The smallest absolute Gasteiger partial charge is 0.293 e. The highest BCUT2D eigenvalue weighted by Gasteiger charge is 2.36. The number of carbonyl (C=O) groups is 2. The van der Waals surface area contributed by atoms with Crippen LogP contribution in [0.25, 0.3) is 0 Å². The predicted octanol–water partition coefficient (Wildman–Crippen LogP) is 0.993. The molecule has 0 spiro atoms. The van der Waals surface area contributed by atoms with Gasteiger partial charge in [-0.05, 0) is 24.6 Å². The molecule has 136 valence electrons. The number of hydrogen-bond donors (Lipinski definition) is 2. The van der Waals surface area contributed by atoms with E-state index in [1.165, 1.54) is 17.3 Å². The average molecular weight is 363 g/mol. The number of nitrogens with zero attached hydrogens (tertiary/aromatic N) is 5. The van der Waals surface area contributed by atoms with Gasteiger partial charge < -0.3 is 11.1 Å². The van der Waals surface area contributed by atoms with Crippen molar-refractivity contribution in [2.75, 3.05) is 12.4 Å². The fourth-order valence-electron chi connectivity index (χ4n) is 2.70. The number of rotatable bonds is 3. The Morgan fingerprint density at radius 2 is 2.07 bits per heavy atom. The number of nitrogens with one attached hydrogen (secondary N) is 1. The molecule has 0 fully saturated rings. The van der Waals surface area contributed by atoms with Crippen molar-refractivity contribution in [3.05, 3.63) is 53.6 Å². The maximum atomic E-state index is 12.3. The van der Waals surface area contributed by atoms with Crippen molar-refractivity contribution in [1.82, 2.24) is 14.9 Å². The standard InChI is InChI=1S/C18H17N7O2/c1-18(7-14(26)25(2)17(20)24-18)12-4-3-5-13(6-12)23-16(27)15-21-9-11(8-19)10-22-15/h3-6,9-10H,7H2,1-2H3,(H2,20,24)(H,23,27). The lowest BCUT2D eigenvalue weighted by atomic mass is 9.87. The van der Waals surface area contributed by atoms with Crippen LogP contribution in [0.2, 0.25) is 0 Å². The van der Waals surface area contributed by atoms with E-state index in [-0.39, 0.29) is 29.7 Å². The van der Waals surface area contributed by atoms with Gasteiger partial charge in [0.2, 0.25) is 11.7 Å². The molecule has 2 aromatic rings. The second-order valence-corrected chi connectivity index (χ2v) is 6.32. The molecule has 1 aromatic carbocycles. The van der Waals surface area contributed by atoms with E-state index >= 15 is 0 Å². The van der Waals surface area contributed by atoms with E-state index in [1.54, 1.807) is 25.2 Å². The largest absolute Gasteiger partial charge is 0.369 e. The number of aromatic nitrogens is 2. The van der Waals surface area contributed by atoms with E-state index in [0.29, 0.717) is 5.69 Å². The molecule has 2 amide bonds. The van der Waals surface area contributed by atoms with Crippen LogP contribution >= 0.6 is 0 Å². The molecule has 0 aliphatic carbocycles. The number of nitriles is 1. The number of amides is 2. The molecular formula is C18H17N7O2. The van der Waals surface area contributed by atoms with Gasteiger partial charge in [-0.1, -0.05) is 12.1 Å². The highest BCUT2D eigenvalue weighted by molar-refractivity contribution is 6.01. The molecule has 3 N–H and O–H groups in total. The Hall–Kier alpha value is -3.80. The zero-order valence-electron chi connectivity index (χ0n) is 14.8. The van der Waals surface area contributed by atoms with Crippen LogP contribution in [0.3, 0.4) is 0 Å². The molecule has 1 atom stereocenters. The Morgan fingerprint density at radius 1 is 1.37 bits per heavy atom. The van der Waals surface area contributed by atoms with Crippen molar-refractivity contribution in [3.63, 3.8) is 0 Å². The highest BCUT2D eigenvalue weighted by Crippen LogP contribution is 2.34. The first-order valence-electron chi connectivity index (χ1n) is 8.08. The molecule has 1 unspecified atom stereocenters. The van der Waals surface area contributed by atoms with E-state index in [9.17, 15) is 9.59 Å². The normalized spacial score (nSPS) is 19.2. The monoisotopic (exact) mass is 363 g/mol. The van der Waals surface area contributed by atoms with Crippen molar-refractivity contribution in [2.45, 2.75) is 18.9 Å². The van der Waals surface area contributed by atoms with E-state index in [4.69, 9.17) is 11.0 Å². The van der Waals surface area contributed by atoms with Crippen molar-refractivity contribution >= 4 is 23.5 Å². The highest BCUT2D eigenvalue weighted by atomic mass is 16.2. The number of nitrogens with two attached hydrogens (primary N) is 1. The minimum absolute atomic E-state index is 0.0534. The summed E-state index contributed by atoms with van der Waals surface area (Å²) in [5.74, 6) is -0.550. The van der Waals surface area contributed by atoms with E-state index < -0.39 is 11.4 Å². The maximum Gasteiger partial charge on any atom is 0.293 e. The van der Waals surface area contributed by atoms with Crippen LogP contribution in [0.1, 0.15) is 35.1 Å². The molecule has 0 bridgehead atoms. The quantitative estimate of drug-likeness (QED) is 0.834. The third kappa shape index (κ3) is 3.59. The molecule has 9 heteroatoms. The topological polar surface area (TPSA) is 137 Å². The molecule has 1 aromatic heterocycles. The van der Waals surface area contributed by atoms with Gasteiger partial charge in [-0.3, -0.25) is 14.5 Å². The second kappa shape index (κ2) is 6.84. The summed E-state index contributed by atoms with van der Waals surface area (Å²) in [5.41, 5.74) is 6.54. The van der Waals surface area contributed by atoms with Crippen LogP contribution in [0.5, 0.6) is 0 Å².